The predicted octanol–water partition coefficient (Wildman–Crippen LogP) is 3.40. The Kier molecular flexibility index (Phi) is 1.92. The third kappa shape index (κ3) is 1.17. The number of hydrogen-bond acceptors (Lipinski definition) is 2. The van der Waals surface area contributed by atoms with Crippen molar-refractivity contribution in [3.05, 3.63) is 26.8 Å². The molecule has 1 aromatic heterocycles. The zero-order valence-corrected chi connectivity index (χ0v) is 8.76. The predicted molar refractivity (Wildman–Crippen MR) is 55.6 cm³/mol. The Hall–Kier alpha value is -0.420. The molecule has 1 N–H and O–H groups in total. The van der Waals surface area contributed by atoms with Gasteiger partial charge in [0.2, 0.25) is 0 Å². The summed E-state index contributed by atoms with van der Waals surface area (Å²) >= 11 is 7.79. The summed E-state index contributed by atoms with van der Waals surface area (Å²) in [4.78, 5) is 0. The number of halogens is 2. The quantitative estimate of drug-likeness (QED) is 0.756. The van der Waals surface area contributed by atoms with Gasteiger partial charge in [0.25, 0.3) is 5.95 Å². The van der Waals surface area contributed by atoms with Crippen molar-refractivity contribution in [2.75, 3.05) is 0 Å². The summed E-state index contributed by atoms with van der Waals surface area (Å²) in [6, 6.07) is 5.23. The third-order valence-corrected chi connectivity index (χ3v) is 2.85. The highest BCUT2D eigenvalue weighted by molar-refractivity contribution is 14.1. The fourth-order valence-electron chi connectivity index (χ4n) is 1.03. The third-order valence-electron chi connectivity index (χ3n) is 1.57. The minimum absolute atomic E-state index is 0.0483. The molecular formula is C8H4ClIO2. The van der Waals surface area contributed by atoms with Crippen LogP contribution in [0, 0.1) is 3.57 Å². The molecule has 0 fully saturated rings. The number of hydrogen-bond donors (Lipinski definition) is 1. The Morgan fingerprint density at radius 3 is 2.92 bits per heavy atom. The Morgan fingerprint density at radius 2 is 2.17 bits per heavy atom. The van der Waals surface area contributed by atoms with Gasteiger partial charge < -0.3 is 9.52 Å². The number of fused-ring (bicyclic) bond motifs is 1. The number of rotatable bonds is 0. The van der Waals surface area contributed by atoms with Gasteiger partial charge in [-0.25, -0.2) is 0 Å². The standard InChI is InChI=1S/C8H4ClIO2/c9-4-1-2-6-5(3-4)7(10)8(11)12-6/h1-3,11H. The highest BCUT2D eigenvalue weighted by Crippen LogP contribution is 2.33. The van der Waals surface area contributed by atoms with E-state index in [0.717, 1.165) is 5.39 Å². The van der Waals surface area contributed by atoms with Gasteiger partial charge in [-0.1, -0.05) is 11.6 Å². The normalized spacial score (nSPS) is 10.8. The van der Waals surface area contributed by atoms with Gasteiger partial charge in [0, 0.05) is 10.4 Å². The van der Waals surface area contributed by atoms with Crippen LogP contribution >= 0.6 is 34.2 Å². The summed E-state index contributed by atoms with van der Waals surface area (Å²) in [5.74, 6) is -0.0483. The molecule has 62 valence electrons. The second kappa shape index (κ2) is 2.81. The second-order valence-corrected chi connectivity index (χ2v) is 3.88. The minimum Gasteiger partial charge on any atom is -0.480 e. The van der Waals surface area contributed by atoms with E-state index in [2.05, 4.69) is 0 Å². The van der Waals surface area contributed by atoms with Crippen molar-refractivity contribution in [2.45, 2.75) is 0 Å². The number of benzene rings is 1. The van der Waals surface area contributed by atoms with Gasteiger partial charge in [-0.2, -0.15) is 0 Å². The van der Waals surface area contributed by atoms with E-state index in [1.165, 1.54) is 0 Å². The highest BCUT2D eigenvalue weighted by Gasteiger charge is 2.09. The van der Waals surface area contributed by atoms with Crippen LogP contribution in [0.2, 0.25) is 5.02 Å². The second-order valence-electron chi connectivity index (χ2n) is 2.36. The van der Waals surface area contributed by atoms with Crippen molar-refractivity contribution in [2.24, 2.45) is 0 Å². The van der Waals surface area contributed by atoms with Crippen LogP contribution in [-0.4, -0.2) is 5.11 Å². The van der Waals surface area contributed by atoms with Crippen LogP contribution in [0.3, 0.4) is 0 Å². The average Bonchev–Trinajstić information content (AvgIpc) is 2.31. The van der Waals surface area contributed by atoms with Crippen molar-refractivity contribution >= 4 is 45.2 Å². The molecule has 0 unspecified atom stereocenters. The van der Waals surface area contributed by atoms with Gasteiger partial charge in [-0.05, 0) is 40.8 Å². The van der Waals surface area contributed by atoms with E-state index in [1.54, 1.807) is 18.2 Å². The molecule has 0 atom stereocenters. The van der Waals surface area contributed by atoms with Crippen LogP contribution < -0.4 is 0 Å². The van der Waals surface area contributed by atoms with E-state index < -0.39 is 0 Å². The SMILES string of the molecule is Oc1oc2ccc(Cl)cc2c1I. The molecule has 0 aliphatic rings. The van der Waals surface area contributed by atoms with Gasteiger partial charge >= 0.3 is 0 Å². The van der Waals surface area contributed by atoms with E-state index in [4.69, 9.17) is 16.0 Å². The monoisotopic (exact) mass is 294 g/mol. The van der Waals surface area contributed by atoms with Crippen molar-refractivity contribution in [3.8, 4) is 5.95 Å². The molecule has 4 heteroatoms. The maximum Gasteiger partial charge on any atom is 0.296 e. The van der Waals surface area contributed by atoms with E-state index >= 15 is 0 Å². The first kappa shape index (κ1) is 8.19. The summed E-state index contributed by atoms with van der Waals surface area (Å²) in [5.41, 5.74) is 0.654. The van der Waals surface area contributed by atoms with Crippen molar-refractivity contribution in [3.63, 3.8) is 0 Å². The fraction of sp³-hybridized carbons (Fsp3) is 0. The molecule has 0 aliphatic carbocycles. The lowest BCUT2D eigenvalue weighted by Crippen LogP contribution is -1.67. The van der Waals surface area contributed by atoms with Gasteiger partial charge in [-0.15, -0.1) is 0 Å². The summed E-state index contributed by atoms with van der Waals surface area (Å²) in [7, 11) is 0. The number of furan rings is 1. The summed E-state index contributed by atoms with van der Waals surface area (Å²) in [6.45, 7) is 0. The zero-order chi connectivity index (χ0) is 8.72. The Balaban J connectivity index is 2.88. The molecule has 1 aromatic carbocycles. The molecule has 0 amide bonds. The largest absolute Gasteiger partial charge is 0.480 e. The number of aromatic hydroxyl groups is 1. The maximum absolute atomic E-state index is 9.22. The molecule has 0 radical (unpaired) electrons. The van der Waals surface area contributed by atoms with Crippen molar-refractivity contribution in [1.82, 2.24) is 0 Å². The van der Waals surface area contributed by atoms with E-state index in [1.807, 2.05) is 22.6 Å². The van der Waals surface area contributed by atoms with Gasteiger partial charge in [0.1, 0.15) is 9.15 Å². The Labute approximate surface area is 87.3 Å². The summed E-state index contributed by atoms with van der Waals surface area (Å²) < 4.78 is 5.74. The lowest BCUT2D eigenvalue weighted by Gasteiger charge is -1.88. The van der Waals surface area contributed by atoms with Gasteiger partial charge in [0.05, 0.1) is 0 Å². The van der Waals surface area contributed by atoms with Crippen LogP contribution in [0.4, 0.5) is 0 Å². The zero-order valence-electron chi connectivity index (χ0n) is 5.84. The first-order valence-electron chi connectivity index (χ1n) is 3.25. The van der Waals surface area contributed by atoms with Crippen molar-refractivity contribution in [1.29, 1.82) is 0 Å². The molecule has 0 saturated heterocycles. The molecule has 0 saturated carbocycles. The molecule has 2 nitrogen and oxygen atoms in total. The summed E-state index contributed by atoms with van der Waals surface area (Å²) in [6.07, 6.45) is 0. The molecule has 1 heterocycles. The Morgan fingerprint density at radius 1 is 1.42 bits per heavy atom. The topological polar surface area (TPSA) is 33.4 Å². The van der Waals surface area contributed by atoms with Crippen LogP contribution in [0.1, 0.15) is 0 Å². The first-order valence-corrected chi connectivity index (χ1v) is 4.70. The fourth-order valence-corrected chi connectivity index (χ4v) is 1.73. The highest BCUT2D eigenvalue weighted by atomic mass is 127. The molecule has 0 aliphatic heterocycles. The van der Waals surface area contributed by atoms with Crippen LogP contribution in [-0.2, 0) is 0 Å². The molecule has 2 aromatic rings. The van der Waals surface area contributed by atoms with E-state index in [0.29, 0.717) is 14.2 Å². The molecular weight excluding hydrogens is 290 g/mol. The average molecular weight is 294 g/mol. The Bertz CT molecular complexity index is 436. The van der Waals surface area contributed by atoms with Crippen LogP contribution in [0.25, 0.3) is 11.0 Å². The van der Waals surface area contributed by atoms with Gasteiger partial charge in [0.15, 0.2) is 0 Å². The minimum atomic E-state index is -0.0483. The van der Waals surface area contributed by atoms with Crippen LogP contribution in [0.15, 0.2) is 22.6 Å². The lowest BCUT2D eigenvalue weighted by atomic mass is 10.3. The molecule has 12 heavy (non-hydrogen) atoms. The smallest absolute Gasteiger partial charge is 0.296 e. The molecule has 2 rings (SSSR count). The van der Waals surface area contributed by atoms with E-state index in [-0.39, 0.29) is 5.95 Å². The van der Waals surface area contributed by atoms with Gasteiger partial charge in [-0.3, -0.25) is 0 Å². The maximum atomic E-state index is 9.22. The van der Waals surface area contributed by atoms with Crippen molar-refractivity contribution < 1.29 is 9.52 Å². The summed E-state index contributed by atoms with van der Waals surface area (Å²) in [5, 5.41) is 10.7. The molecule has 0 spiro atoms. The lowest BCUT2D eigenvalue weighted by molar-refractivity contribution is 0.343. The van der Waals surface area contributed by atoms with E-state index in [9.17, 15) is 5.11 Å². The van der Waals surface area contributed by atoms with Crippen LogP contribution in [0.5, 0.6) is 5.95 Å². The molecule has 0 bridgehead atoms. The first-order chi connectivity index (χ1) is 5.68.